The Hall–Kier alpha value is -2.58. The Bertz CT molecular complexity index is 1090. The van der Waals surface area contributed by atoms with Gasteiger partial charge in [0.2, 0.25) is 0 Å². The number of nitrogens with one attached hydrogen (secondary N) is 1. The molecule has 1 aliphatic carbocycles. The van der Waals surface area contributed by atoms with Gasteiger partial charge < -0.3 is 0 Å². The van der Waals surface area contributed by atoms with E-state index in [4.69, 9.17) is 0 Å². The summed E-state index contributed by atoms with van der Waals surface area (Å²) in [6, 6.07) is 13.8. The summed E-state index contributed by atoms with van der Waals surface area (Å²) >= 11 is 0. The largest absolute Gasteiger partial charge is 0.280 e. The van der Waals surface area contributed by atoms with Crippen LogP contribution in [0.2, 0.25) is 0 Å². The molecule has 0 radical (unpaired) electrons. The Labute approximate surface area is 159 Å². The summed E-state index contributed by atoms with van der Waals surface area (Å²) in [5, 5.41) is 0. The minimum absolute atomic E-state index is 0.0728. The molecule has 6 nitrogen and oxygen atoms in total. The van der Waals surface area contributed by atoms with Crippen LogP contribution in [0, 0.1) is 0 Å². The van der Waals surface area contributed by atoms with E-state index in [1.165, 1.54) is 35.6 Å². The summed E-state index contributed by atoms with van der Waals surface area (Å²) in [5.74, 6) is 0. The zero-order valence-electron chi connectivity index (χ0n) is 14.7. The Morgan fingerprint density at radius 2 is 1.63 bits per heavy atom. The molecule has 142 valence electrons. The lowest BCUT2D eigenvalue weighted by molar-refractivity contribution is 0.512. The van der Waals surface area contributed by atoms with Crippen LogP contribution in [0.1, 0.15) is 12.8 Å². The molecule has 0 aliphatic heterocycles. The zero-order valence-corrected chi connectivity index (χ0v) is 16.4. The molecule has 0 bridgehead atoms. The fourth-order valence-electron chi connectivity index (χ4n) is 2.69. The molecule has 2 aromatic rings. The highest BCUT2D eigenvalue weighted by atomic mass is 32.2. The fraction of sp³-hybridized carbons (Fsp3) is 0.158. The molecule has 0 saturated carbocycles. The Morgan fingerprint density at radius 1 is 0.926 bits per heavy atom. The van der Waals surface area contributed by atoms with E-state index in [1.54, 1.807) is 36.4 Å². The second-order valence-corrected chi connectivity index (χ2v) is 9.70. The van der Waals surface area contributed by atoms with Crippen LogP contribution in [-0.4, -0.2) is 28.2 Å². The minimum Gasteiger partial charge on any atom is -0.280 e. The lowest BCUT2D eigenvalue weighted by Gasteiger charge is -2.23. The van der Waals surface area contributed by atoms with Crippen LogP contribution in [0.25, 0.3) is 0 Å². The lowest BCUT2D eigenvalue weighted by Crippen LogP contribution is -2.27. The molecule has 27 heavy (non-hydrogen) atoms. The van der Waals surface area contributed by atoms with Gasteiger partial charge in [-0.3, -0.25) is 9.03 Å². The van der Waals surface area contributed by atoms with Crippen molar-refractivity contribution in [3.8, 4) is 0 Å². The first-order valence-corrected chi connectivity index (χ1v) is 11.3. The first-order valence-electron chi connectivity index (χ1n) is 8.33. The number of para-hydroxylation sites is 1. The van der Waals surface area contributed by atoms with E-state index in [-0.39, 0.29) is 9.79 Å². The van der Waals surface area contributed by atoms with Crippen LogP contribution < -0.4 is 4.72 Å². The second kappa shape index (κ2) is 7.58. The van der Waals surface area contributed by atoms with Gasteiger partial charge in [0.25, 0.3) is 20.0 Å². The van der Waals surface area contributed by atoms with Crippen LogP contribution in [-0.2, 0) is 20.0 Å². The molecular formula is C19H20N2O4S2. The van der Waals surface area contributed by atoms with Crippen molar-refractivity contribution >= 4 is 25.7 Å². The van der Waals surface area contributed by atoms with Gasteiger partial charge >= 0.3 is 0 Å². The van der Waals surface area contributed by atoms with Crippen molar-refractivity contribution < 1.29 is 16.8 Å². The number of rotatable bonds is 6. The Balaban J connectivity index is 1.93. The first kappa shape index (κ1) is 19.2. The molecule has 1 aliphatic rings. The van der Waals surface area contributed by atoms with Crippen molar-refractivity contribution in [2.75, 3.05) is 11.8 Å². The van der Waals surface area contributed by atoms with E-state index in [2.05, 4.69) is 4.72 Å². The van der Waals surface area contributed by atoms with Gasteiger partial charge in [-0.15, -0.1) is 0 Å². The number of benzene rings is 2. The topological polar surface area (TPSA) is 83.6 Å². The van der Waals surface area contributed by atoms with Gasteiger partial charge in [0.05, 0.1) is 9.79 Å². The summed E-state index contributed by atoms with van der Waals surface area (Å²) in [5.41, 5.74) is 1.06. The SMILES string of the molecule is CN(C1=CC=CCC1)S(=O)(=O)c1cccc(S(=O)(=O)Nc2ccccc2)c1. The van der Waals surface area contributed by atoms with Crippen LogP contribution in [0.15, 0.2) is 88.3 Å². The van der Waals surface area contributed by atoms with Crippen LogP contribution in [0.3, 0.4) is 0 Å². The van der Waals surface area contributed by atoms with E-state index in [0.29, 0.717) is 17.8 Å². The number of sulfonamides is 2. The average molecular weight is 405 g/mol. The molecule has 3 rings (SSSR count). The van der Waals surface area contributed by atoms with E-state index in [0.717, 1.165) is 6.42 Å². The summed E-state index contributed by atoms with van der Waals surface area (Å²) in [7, 11) is -6.28. The molecule has 0 unspecified atom stereocenters. The standard InChI is InChI=1S/C19H20N2O4S2/c1-21(17-11-6-3-7-12-17)27(24,25)19-14-8-13-18(15-19)26(22,23)20-16-9-4-2-5-10-16/h2-6,8-11,13-15,20H,7,12H2,1H3. The summed E-state index contributed by atoms with van der Waals surface area (Å²) in [6.07, 6.45) is 6.90. The molecule has 0 heterocycles. The van der Waals surface area contributed by atoms with Gasteiger partial charge in [0, 0.05) is 18.4 Å². The maximum Gasteiger partial charge on any atom is 0.263 e. The number of hydrogen-bond acceptors (Lipinski definition) is 4. The molecule has 8 heteroatoms. The van der Waals surface area contributed by atoms with Crippen molar-refractivity contribution in [1.29, 1.82) is 0 Å². The molecule has 0 fully saturated rings. The highest BCUT2D eigenvalue weighted by molar-refractivity contribution is 7.93. The van der Waals surface area contributed by atoms with Crippen LogP contribution in [0.5, 0.6) is 0 Å². The van der Waals surface area contributed by atoms with Crippen molar-refractivity contribution in [3.63, 3.8) is 0 Å². The number of allylic oxidation sites excluding steroid dienone is 4. The molecular weight excluding hydrogens is 384 g/mol. The second-order valence-electron chi connectivity index (χ2n) is 6.04. The van der Waals surface area contributed by atoms with Gasteiger partial charge in [-0.2, -0.15) is 0 Å². The third-order valence-corrected chi connectivity index (χ3v) is 7.38. The van der Waals surface area contributed by atoms with Gasteiger partial charge in [-0.05, 0) is 49.2 Å². The fourth-order valence-corrected chi connectivity index (χ4v) is 5.17. The smallest absolute Gasteiger partial charge is 0.263 e. The molecule has 0 saturated heterocycles. The van der Waals surface area contributed by atoms with Crippen LogP contribution in [0.4, 0.5) is 5.69 Å². The predicted octanol–water partition coefficient (Wildman–Crippen LogP) is 3.34. The third-order valence-electron chi connectivity index (χ3n) is 4.20. The van der Waals surface area contributed by atoms with Crippen molar-refractivity contribution in [3.05, 3.63) is 78.5 Å². The van der Waals surface area contributed by atoms with E-state index < -0.39 is 20.0 Å². The van der Waals surface area contributed by atoms with Crippen molar-refractivity contribution in [2.24, 2.45) is 0 Å². The Morgan fingerprint density at radius 3 is 2.30 bits per heavy atom. The normalized spacial score (nSPS) is 14.5. The monoisotopic (exact) mass is 404 g/mol. The molecule has 0 aromatic heterocycles. The lowest BCUT2D eigenvalue weighted by atomic mass is 10.1. The van der Waals surface area contributed by atoms with Crippen molar-refractivity contribution in [1.82, 2.24) is 4.31 Å². The van der Waals surface area contributed by atoms with E-state index in [9.17, 15) is 16.8 Å². The predicted molar refractivity (Wildman–Crippen MR) is 105 cm³/mol. The summed E-state index contributed by atoms with van der Waals surface area (Å²) in [6.45, 7) is 0. The Kier molecular flexibility index (Phi) is 5.38. The minimum atomic E-state index is -3.91. The highest BCUT2D eigenvalue weighted by Gasteiger charge is 2.25. The summed E-state index contributed by atoms with van der Waals surface area (Å²) in [4.78, 5) is -0.185. The highest BCUT2D eigenvalue weighted by Crippen LogP contribution is 2.25. The molecule has 0 atom stereocenters. The molecule has 0 spiro atoms. The molecule has 0 amide bonds. The molecule has 1 N–H and O–H groups in total. The maximum absolute atomic E-state index is 12.9. The average Bonchev–Trinajstić information content (AvgIpc) is 2.68. The van der Waals surface area contributed by atoms with Gasteiger partial charge in [0.15, 0.2) is 0 Å². The van der Waals surface area contributed by atoms with Gasteiger partial charge in [0.1, 0.15) is 0 Å². The summed E-state index contributed by atoms with van der Waals surface area (Å²) < 4.78 is 54.7. The van der Waals surface area contributed by atoms with Crippen molar-refractivity contribution in [2.45, 2.75) is 22.6 Å². The zero-order chi connectivity index (χ0) is 19.5. The first-order chi connectivity index (χ1) is 12.8. The van der Waals surface area contributed by atoms with Gasteiger partial charge in [-0.1, -0.05) is 36.4 Å². The number of anilines is 1. The van der Waals surface area contributed by atoms with E-state index >= 15 is 0 Å². The van der Waals surface area contributed by atoms with Gasteiger partial charge in [-0.25, -0.2) is 16.8 Å². The molecule has 2 aromatic carbocycles. The van der Waals surface area contributed by atoms with Crippen LogP contribution >= 0.6 is 0 Å². The quantitative estimate of drug-likeness (QED) is 0.800. The van der Waals surface area contributed by atoms with E-state index in [1.807, 2.05) is 12.2 Å². The maximum atomic E-state index is 12.9. The number of hydrogen-bond donors (Lipinski definition) is 1. The third kappa shape index (κ3) is 4.23. The number of nitrogens with zero attached hydrogens (tertiary/aromatic N) is 1.